The highest BCUT2D eigenvalue weighted by atomic mass is 32.2. The summed E-state index contributed by atoms with van der Waals surface area (Å²) < 4.78 is 26.3. The predicted molar refractivity (Wildman–Crippen MR) is 65.2 cm³/mol. The first-order valence-electron chi connectivity index (χ1n) is 5.75. The van der Waals surface area contributed by atoms with E-state index >= 15 is 0 Å². The van der Waals surface area contributed by atoms with Crippen molar-refractivity contribution in [1.29, 1.82) is 0 Å². The quantitative estimate of drug-likeness (QED) is 0.881. The number of rotatable bonds is 3. The summed E-state index contributed by atoms with van der Waals surface area (Å²) in [4.78, 5) is 0.348. The van der Waals surface area contributed by atoms with Gasteiger partial charge in [0.1, 0.15) is 0 Å². The van der Waals surface area contributed by atoms with E-state index in [0.29, 0.717) is 11.4 Å². The van der Waals surface area contributed by atoms with E-state index in [-0.39, 0.29) is 12.6 Å². The van der Waals surface area contributed by atoms with Crippen molar-refractivity contribution < 1.29 is 13.5 Å². The highest BCUT2D eigenvalue weighted by Crippen LogP contribution is 2.27. The fourth-order valence-electron chi connectivity index (χ4n) is 2.28. The molecule has 1 aliphatic rings. The Morgan fingerprint density at radius 3 is 2.76 bits per heavy atom. The molecule has 2 rings (SSSR count). The monoisotopic (exact) mass is 255 g/mol. The van der Waals surface area contributed by atoms with E-state index in [2.05, 4.69) is 0 Å². The summed E-state index contributed by atoms with van der Waals surface area (Å²) in [6.07, 6.45) is 1.55. The van der Waals surface area contributed by atoms with Crippen LogP contribution in [0.5, 0.6) is 0 Å². The third-order valence-electron chi connectivity index (χ3n) is 3.21. The number of hydrogen-bond acceptors (Lipinski definition) is 3. The van der Waals surface area contributed by atoms with Gasteiger partial charge in [-0.2, -0.15) is 4.31 Å². The summed E-state index contributed by atoms with van der Waals surface area (Å²) in [6, 6.07) is 6.69. The van der Waals surface area contributed by atoms with Crippen LogP contribution in [-0.4, -0.2) is 37.0 Å². The minimum Gasteiger partial charge on any atom is -0.395 e. The Morgan fingerprint density at radius 2 is 2.12 bits per heavy atom. The van der Waals surface area contributed by atoms with Gasteiger partial charge in [0, 0.05) is 12.6 Å². The molecular formula is C12H17NO3S. The summed E-state index contributed by atoms with van der Waals surface area (Å²) in [6.45, 7) is 2.18. The fraction of sp³-hybridized carbons (Fsp3) is 0.500. The van der Waals surface area contributed by atoms with Gasteiger partial charge in [-0.25, -0.2) is 8.42 Å². The van der Waals surface area contributed by atoms with Crippen molar-refractivity contribution in [3.05, 3.63) is 29.8 Å². The lowest BCUT2D eigenvalue weighted by Crippen LogP contribution is -2.37. The van der Waals surface area contributed by atoms with Crippen molar-refractivity contribution in [2.75, 3.05) is 13.2 Å². The molecule has 17 heavy (non-hydrogen) atoms. The second kappa shape index (κ2) is 4.76. The standard InChI is InChI=1S/C12H17NO3S/c1-10-5-2-3-7-12(10)17(15,16)13-8-4-6-11(13)9-14/h2-3,5,7,11,14H,4,6,8-9H2,1H3. The van der Waals surface area contributed by atoms with Crippen LogP contribution in [0, 0.1) is 6.92 Å². The lowest BCUT2D eigenvalue weighted by atomic mass is 10.2. The van der Waals surface area contributed by atoms with Crippen LogP contribution < -0.4 is 0 Å². The maximum Gasteiger partial charge on any atom is 0.243 e. The summed E-state index contributed by atoms with van der Waals surface area (Å²) in [7, 11) is -3.46. The van der Waals surface area contributed by atoms with Gasteiger partial charge in [0.15, 0.2) is 0 Å². The van der Waals surface area contributed by atoms with E-state index in [1.54, 1.807) is 25.1 Å². The van der Waals surface area contributed by atoms with Crippen LogP contribution in [0.4, 0.5) is 0 Å². The van der Waals surface area contributed by atoms with Crippen LogP contribution in [0.3, 0.4) is 0 Å². The van der Waals surface area contributed by atoms with Gasteiger partial charge in [0.05, 0.1) is 11.5 Å². The van der Waals surface area contributed by atoms with Crippen molar-refractivity contribution in [3.63, 3.8) is 0 Å². The fourth-order valence-corrected chi connectivity index (χ4v) is 4.19. The number of aliphatic hydroxyl groups is 1. The lowest BCUT2D eigenvalue weighted by Gasteiger charge is -2.23. The molecule has 1 N–H and O–H groups in total. The molecule has 94 valence electrons. The highest BCUT2D eigenvalue weighted by molar-refractivity contribution is 7.89. The molecule has 0 saturated carbocycles. The zero-order chi connectivity index (χ0) is 12.5. The number of hydrogen-bond donors (Lipinski definition) is 1. The van der Waals surface area contributed by atoms with Crippen molar-refractivity contribution in [2.45, 2.75) is 30.7 Å². The Labute approximate surface area is 102 Å². The molecule has 0 radical (unpaired) electrons. The van der Waals surface area contributed by atoms with Crippen molar-refractivity contribution in [2.24, 2.45) is 0 Å². The van der Waals surface area contributed by atoms with Gasteiger partial charge >= 0.3 is 0 Å². The zero-order valence-electron chi connectivity index (χ0n) is 9.83. The minimum atomic E-state index is -3.46. The number of aryl methyl sites for hydroxylation is 1. The van der Waals surface area contributed by atoms with Gasteiger partial charge in [-0.15, -0.1) is 0 Å². The molecule has 0 aromatic heterocycles. The Hall–Kier alpha value is -0.910. The van der Waals surface area contributed by atoms with Gasteiger partial charge < -0.3 is 5.11 Å². The Balaban J connectivity index is 2.40. The van der Waals surface area contributed by atoms with Crippen LogP contribution in [0.1, 0.15) is 18.4 Å². The Morgan fingerprint density at radius 1 is 1.41 bits per heavy atom. The maximum atomic E-state index is 12.4. The topological polar surface area (TPSA) is 57.6 Å². The summed E-state index contributed by atoms with van der Waals surface area (Å²) in [5.74, 6) is 0. The molecular weight excluding hydrogens is 238 g/mol. The number of aliphatic hydroxyl groups excluding tert-OH is 1. The third kappa shape index (κ3) is 2.22. The zero-order valence-corrected chi connectivity index (χ0v) is 10.7. The molecule has 0 amide bonds. The normalized spacial score (nSPS) is 21.9. The Kier molecular flexibility index (Phi) is 3.51. The van der Waals surface area contributed by atoms with Crippen LogP contribution in [-0.2, 0) is 10.0 Å². The van der Waals surface area contributed by atoms with Crippen LogP contribution in [0.15, 0.2) is 29.2 Å². The summed E-state index contributed by atoms with van der Waals surface area (Å²) in [5.41, 5.74) is 0.746. The van der Waals surface area contributed by atoms with Crippen molar-refractivity contribution in [3.8, 4) is 0 Å². The van der Waals surface area contributed by atoms with Crippen molar-refractivity contribution >= 4 is 10.0 Å². The molecule has 1 aliphatic heterocycles. The van der Waals surface area contributed by atoms with Crippen molar-refractivity contribution in [1.82, 2.24) is 4.31 Å². The van der Waals surface area contributed by atoms with E-state index in [1.807, 2.05) is 6.07 Å². The molecule has 5 heteroatoms. The van der Waals surface area contributed by atoms with E-state index in [4.69, 9.17) is 0 Å². The first-order chi connectivity index (χ1) is 8.07. The molecule has 1 aromatic carbocycles. The minimum absolute atomic E-state index is 0.106. The first kappa shape index (κ1) is 12.5. The summed E-state index contributed by atoms with van der Waals surface area (Å²) >= 11 is 0. The van der Waals surface area contributed by atoms with E-state index in [1.165, 1.54) is 4.31 Å². The molecule has 0 spiro atoms. The van der Waals surface area contributed by atoms with Crippen LogP contribution in [0.2, 0.25) is 0 Å². The molecule has 4 nitrogen and oxygen atoms in total. The molecule has 0 aliphatic carbocycles. The van der Waals surface area contributed by atoms with E-state index in [0.717, 1.165) is 18.4 Å². The van der Waals surface area contributed by atoms with E-state index < -0.39 is 10.0 Å². The average molecular weight is 255 g/mol. The van der Waals surface area contributed by atoms with Gasteiger partial charge in [0.2, 0.25) is 10.0 Å². The largest absolute Gasteiger partial charge is 0.395 e. The SMILES string of the molecule is Cc1ccccc1S(=O)(=O)N1CCCC1CO. The van der Waals surface area contributed by atoms with Crippen LogP contribution in [0.25, 0.3) is 0 Å². The van der Waals surface area contributed by atoms with E-state index in [9.17, 15) is 13.5 Å². The molecule has 0 bridgehead atoms. The number of sulfonamides is 1. The van der Waals surface area contributed by atoms with Gasteiger partial charge in [-0.1, -0.05) is 18.2 Å². The second-order valence-corrected chi connectivity index (χ2v) is 6.22. The molecule has 1 heterocycles. The van der Waals surface area contributed by atoms with Gasteiger partial charge in [0.25, 0.3) is 0 Å². The molecule has 1 unspecified atom stereocenters. The Bertz CT molecular complexity index is 498. The predicted octanol–water partition coefficient (Wildman–Crippen LogP) is 1.14. The highest BCUT2D eigenvalue weighted by Gasteiger charge is 2.35. The average Bonchev–Trinajstić information content (AvgIpc) is 2.78. The third-order valence-corrected chi connectivity index (χ3v) is 5.33. The molecule has 1 saturated heterocycles. The summed E-state index contributed by atoms with van der Waals surface area (Å²) in [5, 5.41) is 9.21. The maximum absolute atomic E-state index is 12.4. The van der Waals surface area contributed by atoms with Gasteiger partial charge in [-0.3, -0.25) is 0 Å². The lowest BCUT2D eigenvalue weighted by molar-refractivity contribution is 0.213. The first-order valence-corrected chi connectivity index (χ1v) is 7.19. The molecule has 1 aromatic rings. The molecule has 1 fully saturated rings. The smallest absolute Gasteiger partial charge is 0.243 e. The van der Waals surface area contributed by atoms with Crippen LogP contribution >= 0.6 is 0 Å². The second-order valence-electron chi connectivity index (χ2n) is 4.36. The molecule has 1 atom stereocenters. The van der Waals surface area contributed by atoms with Gasteiger partial charge in [-0.05, 0) is 31.4 Å². The number of benzene rings is 1. The number of nitrogens with zero attached hydrogens (tertiary/aromatic N) is 1.